The average molecular weight is 239 g/mol. The van der Waals surface area contributed by atoms with Gasteiger partial charge in [0.05, 0.1) is 6.33 Å². The fourth-order valence-electron chi connectivity index (χ4n) is 1.32. The number of carbonyl (C=O) groups is 2. The van der Waals surface area contributed by atoms with Gasteiger partial charge in [0.1, 0.15) is 6.04 Å². The number of aromatic nitrogens is 2. The number of H-pyrrole nitrogens is 1. The number of carboxylic acid groups (broad SMARTS) is 1. The molecule has 1 aromatic heterocycles. The Labute approximate surface area is 99.4 Å². The minimum Gasteiger partial charge on any atom is -0.480 e. The van der Waals surface area contributed by atoms with E-state index in [4.69, 9.17) is 5.11 Å². The fraction of sp³-hybridized carbons (Fsp3) is 0.545. The van der Waals surface area contributed by atoms with Crippen molar-refractivity contribution in [2.45, 2.75) is 32.7 Å². The first-order valence-electron chi connectivity index (χ1n) is 5.55. The minimum atomic E-state index is -1.05. The van der Waals surface area contributed by atoms with Crippen LogP contribution in [0.3, 0.4) is 0 Å². The molecular formula is C11H17N3O3. The standard InChI is InChI=1S/C11H17N3O3/c1-3-7(2)10(15)14-9(11(16)17)4-8-5-12-6-13-8/h5-7,9H,3-4H2,1-2H3,(H,12,13)(H,14,15)(H,16,17)/t7?,9-/m1/s1. The summed E-state index contributed by atoms with van der Waals surface area (Å²) in [6.45, 7) is 3.65. The molecule has 2 atom stereocenters. The van der Waals surface area contributed by atoms with E-state index in [0.29, 0.717) is 12.1 Å². The number of carbonyl (C=O) groups excluding carboxylic acids is 1. The van der Waals surface area contributed by atoms with E-state index < -0.39 is 12.0 Å². The topological polar surface area (TPSA) is 95.1 Å². The van der Waals surface area contributed by atoms with E-state index in [9.17, 15) is 9.59 Å². The summed E-state index contributed by atoms with van der Waals surface area (Å²) in [5.41, 5.74) is 0.682. The monoisotopic (exact) mass is 239 g/mol. The maximum atomic E-state index is 11.6. The molecule has 0 fully saturated rings. The summed E-state index contributed by atoms with van der Waals surface area (Å²) in [6.07, 6.45) is 3.91. The molecule has 0 aliphatic carbocycles. The van der Waals surface area contributed by atoms with Crippen LogP contribution in [0.5, 0.6) is 0 Å². The van der Waals surface area contributed by atoms with Crippen LogP contribution >= 0.6 is 0 Å². The third kappa shape index (κ3) is 3.90. The van der Waals surface area contributed by atoms with E-state index in [2.05, 4.69) is 15.3 Å². The molecule has 3 N–H and O–H groups in total. The molecule has 1 rings (SSSR count). The summed E-state index contributed by atoms with van der Waals surface area (Å²) in [5.74, 6) is -1.46. The normalized spacial score (nSPS) is 14.0. The van der Waals surface area contributed by atoms with Crippen LogP contribution in [0.2, 0.25) is 0 Å². The highest BCUT2D eigenvalue weighted by molar-refractivity contribution is 5.84. The maximum absolute atomic E-state index is 11.6. The van der Waals surface area contributed by atoms with Gasteiger partial charge in [-0.1, -0.05) is 13.8 Å². The van der Waals surface area contributed by atoms with Gasteiger partial charge in [0.25, 0.3) is 0 Å². The lowest BCUT2D eigenvalue weighted by Gasteiger charge is -2.16. The van der Waals surface area contributed by atoms with Crippen molar-refractivity contribution in [1.82, 2.24) is 15.3 Å². The Hall–Kier alpha value is -1.85. The number of nitrogens with one attached hydrogen (secondary N) is 2. The van der Waals surface area contributed by atoms with Crippen molar-refractivity contribution < 1.29 is 14.7 Å². The highest BCUT2D eigenvalue weighted by Gasteiger charge is 2.22. The molecule has 6 nitrogen and oxygen atoms in total. The Morgan fingerprint density at radius 3 is 2.76 bits per heavy atom. The molecule has 1 aromatic rings. The number of aromatic amines is 1. The van der Waals surface area contributed by atoms with Crippen LogP contribution < -0.4 is 5.32 Å². The quantitative estimate of drug-likeness (QED) is 0.676. The number of rotatable bonds is 6. The van der Waals surface area contributed by atoms with Gasteiger partial charge in [0, 0.05) is 24.2 Å². The van der Waals surface area contributed by atoms with Crippen LogP contribution in [-0.4, -0.2) is 33.0 Å². The Balaban J connectivity index is 2.61. The van der Waals surface area contributed by atoms with E-state index in [1.165, 1.54) is 6.33 Å². The summed E-state index contributed by atoms with van der Waals surface area (Å²) in [5, 5.41) is 11.5. The molecule has 1 unspecified atom stereocenters. The molecule has 0 aliphatic heterocycles. The lowest BCUT2D eigenvalue weighted by Crippen LogP contribution is -2.44. The summed E-state index contributed by atoms with van der Waals surface area (Å²) in [7, 11) is 0. The second kappa shape index (κ2) is 6.03. The van der Waals surface area contributed by atoms with Gasteiger partial charge in [-0.25, -0.2) is 9.78 Å². The molecule has 17 heavy (non-hydrogen) atoms. The van der Waals surface area contributed by atoms with Crippen LogP contribution in [0, 0.1) is 5.92 Å². The number of hydrogen-bond donors (Lipinski definition) is 3. The SMILES string of the molecule is CCC(C)C(=O)N[C@H](Cc1cnc[nH]1)C(=O)O. The number of imidazole rings is 1. The van der Waals surface area contributed by atoms with Crippen molar-refractivity contribution >= 4 is 11.9 Å². The van der Waals surface area contributed by atoms with E-state index in [-0.39, 0.29) is 18.2 Å². The average Bonchev–Trinajstić information content (AvgIpc) is 2.79. The van der Waals surface area contributed by atoms with Crippen LogP contribution in [0.15, 0.2) is 12.5 Å². The summed E-state index contributed by atoms with van der Waals surface area (Å²) < 4.78 is 0. The molecule has 0 spiro atoms. The largest absolute Gasteiger partial charge is 0.480 e. The van der Waals surface area contributed by atoms with E-state index in [1.807, 2.05) is 6.92 Å². The highest BCUT2D eigenvalue weighted by Crippen LogP contribution is 2.04. The Kier molecular flexibility index (Phi) is 4.68. The van der Waals surface area contributed by atoms with Gasteiger partial charge < -0.3 is 15.4 Å². The van der Waals surface area contributed by atoms with Gasteiger partial charge in [-0.2, -0.15) is 0 Å². The van der Waals surface area contributed by atoms with Crippen molar-refractivity contribution in [2.24, 2.45) is 5.92 Å². The molecule has 6 heteroatoms. The van der Waals surface area contributed by atoms with E-state index >= 15 is 0 Å². The second-order valence-corrected chi connectivity index (χ2v) is 3.99. The van der Waals surface area contributed by atoms with Gasteiger partial charge >= 0.3 is 5.97 Å². The van der Waals surface area contributed by atoms with Crippen LogP contribution in [0.1, 0.15) is 26.0 Å². The van der Waals surface area contributed by atoms with Crippen molar-refractivity contribution in [3.63, 3.8) is 0 Å². The number of amides is 1. The third-order valence-electron chi connectivity index (χ3n) is 2.65. The fourth-order valence-corrected chi connectivity index (χ4v) is 1.32. The molecule has 0 saturated heterocycles. The van der Waals surface area contributed by atoms with Crippen molar-refractivity contribution in [3.05, 3.63) is 18.2 Å². The zero-order valence-corrected chi connectivity index (χ0v) is 9.93. The minimum absolute atomic E-state index is 0.182. The Morgan fingerprint density at radius 1 is 1.59 bits per heavy atom. The zero-order valence-electron chi connectivity index (χ0n) is 9.93. The van der Waals surface area contributed by atoms with Gasteiger partial charge in [-0.3, -0.25) is 4.79 Å². The first-order valence-corrected chi connectivity index (χ1v) is 5.55. The first kappa shape index (κ1) is 13.2. The van der Waals surface area contributed by atoms with Gasteiger partial charge in [-0.15, -0.1) is 0 Å². The molecule has 1 heterocycles. The van der Waals surface area contributed by atoms with Crippen molar-refractivity contribution in [3.8, 4) is 0 Å². The predicted octanol–water partition coefficient (Wildman–Crippen LogP) is 0.568. The third-order valence-corrected chi connectivity index (χ3v) is 2.65. The lowest BCUT2D eigenvalue weighted by atomic mass is 10.1. The van der Waals surface area contributed by atoms with Crippen molar-refractivity contribution in [2.75, 3.05) is 0 Å². The smallest absolute Gasteiger partial charge is 0.326 e. The van der Waals surface area contributed by atoms with Gasteiger partial charge in [-0.05, 0) is 6.42 Å². The highest BCUT2D eigenvalue weighted by atomic mass is 16.4. The van der Waals surface area contributed by atoms with Gasteiger partial charge in [0.2, 0.25) is 5.91 Å². The molecule has 0 saturated carbocycles. The van der Waals surface area contributed by atoms with Crippen LogP contribution in [-0.2, 0) is 16.0 Å². The Morgan fingerprint density at radius 2 is 2.29 bits per heavy atom. The maximum Gasteiger partial charge on any atom is 0.326 e. The zero-order chi connectivity index (χ0) is 12.8. The Bertz CT molecular complexity index is 375. The molecule has 0 bridgehead atoms. The summed E-state index contributed by atoms with van der Waals surface area (Å²) in [4.78, 5) is 29.3. The van der Waals surface area contributed by atoms with Crippen molar-refractivity contribution in [1.29, 1.82) is 0 Å². The molecule has 1 amide bonds. The number of carboxylic acids is 1. The molecule has 94 valence electrons. The predicted molar refractivity (Wildman–Crippen MR) is 61.3 cm³/mol. The molecular weight excluding hydrogens is 222 g/mol. The summed E-state index contributed by atoms with van der Waals surface area (Å²) >= 11 is 0. The van der Waals surface area contributed by atoms with E-state index in [1.54, 1.807) is 13.1 Å². The number of hydrogen-bond acceptors (Lipinski definition) is 3. The molecule has 0 aromatic carbocycles. The summed E-state index contributed by atoms with van der Waals surface area (Å²) in [6, 6.07) is -0.919. The van der Waals surface area contributed by atoms with Crippen LogP contribution in [0.4, 0.5) is 0 Å². The second-order valence-electron chi connectivity index (χ2n) is 3.99. The van der Waals surface area contributed by atoms with E-state index in [0.717, 1.165) is 0 Å². The molecule has 0 radical (unpaired) electrons. The van der Waals surface area contributed by atoms with Crippen LogP contribution in [0.25, 0.3) is 0 Å². The van der Waals surface area contributed by atoms with Gasteiger partial charge in [0.15, 0.2) is 0 Å². The lowest BCUT2D eigenvalue weighted by molar-refractivity contribution is -0.142. The molecule has 0 aliphatic rings. The number of aliphatic carboxylic acids is 1. The first-order chi connectivity index (χ1) is 8.04. The number of nitrogens with zero attached hydrogens (tertiary/aromatic N) is 1.